The second-order valence-corrected chi connectivity index (χ2v) is 6.88. The largest absolute Gasteiger partial charge is 0.297 e. The summed E-state index contributed by atoms with van der Waals surface area (Å²) in [5, 5.41) is 0. The van der Waals surface area contributed by atoms with Crippen LogP contribution in [-0.2, 0) is 6.54 Å². The number of benzene rings is 1. The SMILES string of the molecule is CC(C)(C)N1CCN(Cc2ccccc2Br)CC1. The number of piperazine rings is 1. The van der Waals surface area contributed by atoms with E-state index in [2.05, 4.69) is 70.8 Å². The van der Waals surface area contributed by atoms with Gasteiger partial charge in [-0.2, -0.15) is 0 Å². The third-order valence-corrected chi connectivity index (χ3v) is 4.45. The zero-order valence-corrected chi connectivity index (χ0v) is 13.2. The van der Waals surface area contributed by atoms with Crippen molar-refractivity contribution in [3.8, 4) is 0 Å². The topological polar surface area (TPSA) is 6.48 Å². The first-order valence-corrected chi connectivity index (χ1v) is 7.47. The van der Waals surface area contributed by atoms with Crippen molar-refractivity contribution in [2.45, 2.75) is 32.9 Å². The highest BCUT2D eigenvalue weighted by Crippen LogP contribution is 2.20. The van der Waals surface area contributed by atoms with Crippen molar-refractivity contribution in [2.24, 2.45) is 0 Å². The van der Waals surface area contributed by atoms with E-state index in [0.29, 0.717) is 5.54 Å². The van der Waals surface area contributed by atoms with E-state index in [4.69, 9.17) is 0 Å². The lowest BCUT2D eigenvalue weighted by Crippen LogP contribution is -2.53. The lowest BCUT2D eigenvalue weighted by molar-refractivity contribution is 0.0590. The van der Waals surface area contributed by atoms with Crippen LogP contribution in [0.1, 0.15) is 26.3 Å². The van der Waals surface area contributed by atoms with Crippen LogP contribution in [0.15, 0.2) is 28.7 Å². The van der Waals surface area contributed by atoms with Crippen LogP contribution in [0.4, 0.5) is 0 Å². The molecular formula is C15H23BrN2. The fourth-order valence-corrected chi connectivity index (χ4v) is 2.85. The molecule has 0 unspecified atom stereocenters. The summed E-state index contributed by atoms with van der Waals surface area (Å²) < 4.78 is 1.23. The molecule has 1 aromatic carbocycles. The van der Waals surface area contributed by atoms with Gasteiger partial charge in [0.05, 0.1) is 0 Å². The van der Waals surface area contributed by atoms with Crippen LogP contribution < -0.4 is 0 Å². The first-order valence-electron chi connectivity index (χ1n) is 6.67. The molecule has 1 fully saturated rings. The first-order chi connectivity index (χ1) is 8.47. The average molecular weight is 311 g/mol. The van der Waals surface area contributed by atoms with E-state index in [-0.39, 0.29) is 0 Å². The molecule has 0 saturated carbocycles. The monoisotopic (exact) mass is 310 g/mol. The van der Waals surface area contributed by atoms with Crippen LogP contribution in [-0.4, -0.2) is 41.5 Å². The zero-order chi connectivity index (χ0) is 13.2. The lowest BCUT2D eigenvalue weighted by Gasteiger charge is -2.42. The van der Waals surface area contributed by atoms with Gasteiger partial charge in [0.25, 0.3) is 0 Å². The van der Waals surface area contributed by atoms with Gasteiger partial charge in [-0.25, -0.2) is 0 Å². The second-order valence-electron chi connectivity index (χ2n) is 6.03. The smallest absolute Gasteiger partial charge is 0.0246 e. The van der Waals surface area contributed by atoms with Crippen molar-refractivity contribution < 1.29 is 0 Å². The number of rotatable bonds is 2. The minimum atomic E-state index is 0.305. The van der Waals surface area contributed by atoms with Crippen LogP contribution in [0.25, 0.3) is 0 Å². The van der Waals surface area contributed by atoms with Gasteiger partial charge in [-0.1, -0.05) is 34.1 Å². The molecular weight excluding hydrogens is 288 g/mol. The van der Waals surface area contributed by atoms with Crippen molar-refractivity contribution in [1.29, 1.82) is 0 Å². The standard InChI is InChI=1S/C15H23BrN2/c1-15(2,3)18-10-8-17(9-11-18)12-13-6-4-5-7-14(13)16/h4-7H,8-12H2,1-3H3. The van der Waals surface area contributed by atoms with Crippen LogP contribution in [0.3, 0.4) is 0 Å². The van der Waals surface area contributed by atoms with Crippen molar-refractivity contribution in [3.05, 3.63) is 34.3 Å². The average Bonchev–Trinajstić information content (AvgIpc) is 2.32. The van der Waals surface area contributed by atoms with Crippen molar-refractivity contribution >= 4 is 15.9 Å². The summed E-state index contributed by atoms with van der Waals surface area (Å²) in [5.41, 5.74) is 1.70. The van der Waals surface area contributed by atoms with Crippen molar-refractivity contribution in [1.82, 2.24) is 9.80 Å². The lowest BCUT2D eigenvalue weighted by atomic mass is 10.0. The Morgan fingerprint density at radius 2 is 1.67 bits per heavy atom. The van der Waals surface area contributed by atoms with E-state index >= 15 is 0 Å². The van der Waals surface area contributed by atoms with Gasteiger partial charge in [0, 0.05) is 42.7 Å². The highest BCUT2D eigenvalue weighted by atomic mass is 79.9. The second kappa shape index (κ2) is 5.72. The molecule has 1 aliphatic heterocycles. The predicted octanol–water partition coefficient (Wildman–Crippen LogP) is 3.37. The highest BCUT2D eigenvalue weighted by Gasteiger charge is 2.25. The molecule has 2 nitrogen and oxygen atoms in total. The Balaban J connectivity index is 1.90. The summed E-state index contributed by atoms with van der Waals surface area (Å²) in [6.07, 6.45) is 0. The molecule has 100 valence electrons. The van der Waals surface area contributed by atoms with Gasteiger partial charge in [0.15, 0.2) is 0 Å². The van der Waals surface area contributed by atoms with Gasteiger partial charge in [-0.3, -0.25) is 9.80 Å². The van der Waals surface area contributed by atoms with E-state index < -0.39 is 0 Å². The van der Waals surface area contributed by atoms with E-state index in [0.717, 1.165) is 6.54 Å². The zero-order valence-electron chi connectivity index (χ0n) is 11.6. The van der Waals surface area contributed by atoms with Gasteiger partial charge < -0.3 is 0 Å². The number of hydrogen-bond acceptors (Lipinski definition) is 2. The summed E-state index contributed by atoms with van der Waals surface area (Å²) in [7, 11) is 0. The Hall–Kier alpha value is -0.380. The molecule has 0 atom stereocenters. The van der Waals surface area contributed by atoms with Gasteiger partial charge in [-0.15, -0.1) is 0 Å². The minimum absolute atomic E-state index is 0.305. The summed E-state index contributed by atoms with van der Waals surface area (Å²) in [5.74, 6) is 0. The molecule has 0 aliphatic carbocycles. The van der Waals surface area contributed by atoms with Gasteiger partial charge in [0.2, 0.25) is 0 Å². The summed E-state index contributed by atoms with van der Waals surface area (Å²) in [6, 6.07) is 8.53. The highest BCUT2D eigenvalue weighted by molar-refractivity contribution is 9.10. The van der Waals surface area contributed by atoms with E-state index in [1.807, 2.05) is 0 Å². The molecule has 1 aromatic rings. The molecule has 0 spiro atoms. The molecule has 1 aliphatic rings. The molecule has 1 heterocycles. The van der Waals surface area contributed by atoms with Gasteiger partial charge >= 0.3 is 0 Å². The van der Waals surface area contributed by atoms with Crippen LogP contribution in [0.2, 0.25) is 0 Å². The summed E-state index contributed by atoms with van der Waals surface area (Å²) >= 11 is 3.63. The Kier molecular flexibility index (Phi) is 4.46. The maximum atomic E-state index is 3.63. The molecule has 0 radical (unpaired) electrons. The fourth-order valence-electron chi connectivity index (χ4n) is 2.44. The number of hydrogen-bond donors (Lipinski definition) is 0. The maximum absolute atomic E-state index is 3.63. The summed E-state index contributed by atoms with van der Waals surface area (Å²) in [4.78, 5) is 5.12. The molecule has 0 aromatic heterocycles. The van der Waals surface area contributed by atoms with Crippen molar-refractivity contribution in [3.63, 3.8) is 0 Å². The Morgan fingerprint density at radius 1 is 1.06 bits per heavy atom. The van der Waals surface area contributed by atoms with Gasteiger partial charge in [-0.05, 0) is 32.4 Å². The van der Waals surface area contributed by atoms with E-state index in [1.54, 1.807) is 0 Å². The summed E-state index contributed by atoms with van der Waals surface area (Å²) in [6.45, 7) is 12.6. The number of nitrogens with zero attached hydrogens (tertiary/aromatic N) is 2. The fraction of sp³-hybridized carbons (Fsp3) is 0.600. The molecule has 3 heteroatoms. The Morgan fingerprint density at radius 3 is 2.22 bits per heavy atom. The molecule has 2 rings (SSSR count). The minimum Gasteiger partial charge on any atom is -0.297 e. The molecule has 0 N–H and O–H groups in total. The first kappa shape index (κ1) is 14.0. The quantitative estimate of drug-likeness (QED) is 0.826. The Bertz CT molecular complexity index is 390. The third-order valence-electron chi connectivity index (χ3n) is 3.67. The molecule has 0 amide bonds. The Labute approximate surface area is 119 Å². The van der Waals surface area contributed by atoms with Crippen LogP contribution in [0.5, 0.6) is 0 Å². The van der Waals surface area contributed by atoms with Crippen LogP contribution >= 0.6 is 15.9 Å². The number of halogens is 1. The third kappa shape index (κ3) is 3.56. The van der Waals surface area contributed by atoms with Crippen molar-refractivity contribution in [2.75, 3.05) is 26.2 Å². The normalized spacial score (nSPS) is 19.1. The predicted molar refractivity (Wildman–Crippen MR) is 80.7 cm³/mol. The maximum Gasteiger partial charge on any atom is 0.0246 e. The van der Waals surface area contributed by atoms with Gasteiger partial charge in [0.1, 0.15) is 0 Å². The van der Waals surface area contributed by atoms with Crippen LogP contribution in [0, 0.1) is 0 Å². The molecule has 0 bridgehead atoms. The molecule has 1 saturated heterocycles. The molecule has 18 heavy (non-hydrogen) atoms. The van der Waals surface area contributed by atoms with E-state index in [1.165, 1.54) is 36.2 Å². The van der Waals surface area contributed by atoms with E-state index in [9.17, 15) is 0 Å².